The number of esters is 1. The second kappa shape index (κ2) is 78.5. The Labute approximate surface area is 557 Å². The molecule has 0 radical (unpaired) electrons. The fourth-order valence-corrected chi connectivity index (χ4v) is 12.9. The van der Waals surface area contributed by atoms with Gasteiger partial charge < -0.3 is 20.3 Å². The maximum atomic E-state index is 12.5. The summed E-state index contributed by atoms with van der Waals surface area (Å²) < 4.78 is 5.50. The van der Waals surface area contributed by atoms with Gasteiger partial charge in [0.1, 0.15) is 0 Å². The quantitative estimate of drug-likeness (QED) is 0.0320. The summed E-state index contributed by atoms with van der Waals surface area (Å²) >= 11 is 0. The fraction of sp³-hybridized carbons (Fsp3) is 0.904. The highest BCUT2D eigenvalue weighted by Gasteiger charge is 2.18. The molecule has 526 valence electrons. The van der Waals surface area contributed by atoms with Gasteiger partial charge in [0.05, 0.1) is 25.4 Å². The van der Waals surface area contributed by atoms with Crippen molar-refractivity contribution in [3.05, 3.63) is 36.5 Å². The van der Waals surface area contributed by atoms with E-state index in [4.69, 9.17) is 4.74 Å². The van der Waals surface area contributed by atoms with Crippen LogP contribution in [0.2, 0.25) is 0 Å². The van der Waals surface area contributed by atoms with Gasteiger partial charge in [0.2, 0.25) is 5.91 Å². The number of carbonyl (C=O) groups is 2. The Hall–Kier alpha value is -1.92. The predicted molar refractivity (Wildman–Crippen MR) is 393 cm³/mol. The lowest BCUT2D eigenvalue weighted by Gasteiger charge is -2.20. The molecule has 6 heteroatoms. The van der Waals surface area contributed by atoms with E-state index in [2.05, 4.69) is 43.5 Å². The van der Waals surface area contributed by atoms with Gasteiger partial charge in [-0.2, -0.15) is 0 Å². The Morgan fingerprint density at radius 3 is 0.798 bits per heavy atom. The lowest BCUT2D eigenvalue weighted by molar-refractivity contribution is -0.143. The lowest BCUT2D eigenvalue weighted by atomic mass is 10.0. The van der Waals surface area contributed by atoms with Crippen LogP contribution in [-0.2, 0) is 14.3 Å². The van der Waals surface area contributed by atoms with Crippen molar-refractivity contribution in [1.82, 2.24) is 5.32 Å². The molecule has 3 N–H and O–H groups in total. The first-order valence-electron chi connectivity index (χ1n) is 40.8. The van der Waals surface area contributed by atoms with Gasteiger partial charge in [-0.15, -0.1) is 0 Å². The molecule has 0 fully saturated rings. The minimum Gasteiger partial charge on any atom is -0.466 e. The zero-order valence-corrected chi connectivity index (χ0v) is 60.4. The van der Waals surface area contributed by atoms with Crippen molar-refractivity contribution >= 4 is 11.9 Å². The molecule has 89 heavy (non-hydrogen) atoms. The number of ether oxygens (including phenoxy) is 1. The maximum Gasteiger partial charge on any atom is 0.305 e. The van der Waals surface area contributed by atoms with E-state index in [1.165, 1.54) is 385 Å². The number of carbonyl (C=O) groups excluding carboxylic acids is 2. The molecule has 0 saturated carbocycles. The van der Waals surface area contributed by atoms with E-state index in [1.54, 1.807) is 6.08 Å². The van der Waals surface area contributed by atoms with Crippen LogP contribution >= 0.6 is 0 Å². The minimum atomic E-state index is -0.842. The van der Waals surface area contributed by atoms with Crippen molar-refractivity contribution in [2.45, 2.75) is 469 Å². The minimum absolute atomic E-state index is 0.0156. The molecular formula is C83H159NO5. The Bertz CT molecular complexity index is 1440. The summed E-state index contributed by atoms with van der Waals surface area (Å²) in [5.41, 5.74) is 0. The molecule has 0 spiro atoms. The molecule has 0 aliphatic heterocycles. The van der Waals surface area contributed by atoms with E-state index in [0.717, 1.165) is 44.9 Å². The zero-order valence-electron chi connectivity index (χ0n) is 60.4. The molecule has 0 saturated heterocycles. The number of rotatable bonds is 77. The average molecular weight is 1250 g/mol. The summed E-state index contributed by atoms with van der Waals surface area (Å²) in [5.74, 6) is -0.0445. The van der Waals surface area contributed by atoms with Gasteiger partial charge in [-0.05, 0) is 83.5 Å². The molecule has 2 unspecified atom stereocenters. The number of aliphatic hydroxyl groups excluding tert-OH is 2. The SMILES string of the molecule is CCCCCCCCC/C=C\CCCCCCCC(=O)OCCCCCCCCCCCCCCCCCCCC/C=C\CCCCCCCCCCCCCCCCCCCC(=O)NC(CO)C(O)/C=C/CCCCCCCCCCCCCCCCC. The van der Waals surface area contributed by atoms with Gasteiger partial charge in [0.25, 0.3) is 0 Å². The summed E-state index contributed by atoms with van der Waals surface area (Å²) in [4.78, 5) is 24.6. The molecule has 0 aromatic carbocycles. The van der Waals surface area contributed by atoms with Crippen LogP contribution in [-0.4, -0.2) is 47.4 Å². The van der Waals surface area contributed by atoms with E-state index in [1.807, 2.05) is 6.08 Å². The Morgan fingerprint density at radius 2 is 0.528 bits per heavy atom. The van der Waals surface area contributed by atoms with Crippen LogP contribution in [0.4, 0.5) is 0 Å². The number of hydrogen-bond acceptors (Lipinski definition) is 5. The first-order valence-corrected chi connectivity index (χ1v) is 40.8. The fourth-order valence-electron chi connectivity index (χ4n) is 12.9. The predicted octanol–water partition coefficient (Wildman–Crippen LogP) is 27.0. The maximum absolute atomic E-state index is 12.5. The van der Waals surface area contributed by atoms with Gasteiger partial charge in [0.15, 0.2) is 0 Å². The highest BCUT2D eigenvalue weighted by atomic mass is 16.5. The van der Waals surface area contributed by atoms with Crippen molar-refractivity contribution in [1.29, 1.82) is 0 Å². The van der Waals surface area contributed by atoms with Crippen LogP contribution in [0, 0.1) is 0 Å². The molecule has 0 aliphatic rings. The first kappa shape index (κ1) is 87.1. The highest BCUT2D eigenvalue weighted by Crippen LogP contribution is 2.20. The molecule has 0 bridgehead atoms. The van der Waals surface area contributed by atoms with Crippen LogP contribution < -0.4 is 5.32 Å². The van der Waals surface area contributed by atoms with Crippen molar-refractivity contribution < 1.29 is 24.5 Å². The van der Waals surface area contributed by atoms with Crippen LogP contribution in [0.3, 0.4) is 0 Å². The van der Waals surface area contributed by atoms with Gasteiger partial charge in [0, 0.05) is 12.8 Å². The molecule has 0 aromatic heterocycles. The summed E-state index contributed by atoms with van der Waals surface area (Å²) in [6.07, 6.45) is 103. The zero-order chi connectivity index (χ0) is 64.2. The van der Waals surface area contributed by atoms with Crippen molar-refractivity contribution in [3.8, 4) is 0 Å². The standard InChI is InChI=1S/C83H159NO5/c1-3-5-7-9-11-13-15-17-19-44-47-51-55-59-63-67-71-75-81(86)80(79-85)84-82(87)76-72-68-64-60-56-52-48-45-42-40-38-36-34-32-30-28-26-24-22-21-23-25-27-29-31-33-35-37-39-41-43-46-50-54-58-62-66-70-74-78-89-83(88)77-73-69-65-61-57-53-49-20-18-16-14-12-10-8-6-4-2/h20-22,49,71,75,80-81,85-86H,3-19,23-48,50-70,72-74,76-79H2,1-2H3,(H,84,87)/b22-21-,49-20-,75-71+. The highest BCUT2D eigenvalue weighted by molar-refractivity contribution is 5.76. The molecule has 0 aromatic rings. The number of unbranched alkanes of at least 4 members (excludes halogenated alkanes) is 62. The molecule has 2 atom stereocenters. The Balaban J connectivity index is 3.33. The summed E-state index contributed by atoms with van der Waals surface area (Å²) in [6.45, 7) is 4.94. The Kier molecular flexibility index (Phi) is 76.8. The van der Waals surface area contributed by atoms with Gasteiger partial charge in [-0.1, -0.05) is 397 Å². The molecule has 0 aliphatic carbocycles. The largest absolute Gasteiger partial charge is 0.466 e. The van der Waals surface area contributed by atoms with Crippen LogP contribution in [0.25, 0.3) is 0 Å². The van der Waals surface area contributed by atoms with E-state index in [-0.39, 0.29) is 18.5 Å². The van der Waals surface area contributed by atoms with E-state index in [0.29, 0.717) is 19.4 Å². The molecule has 0 heterocycles. The normalized spacial score (nSPS) is 12.6. The van der Waals surface area contributed by atoms with Crippen LogP contribution in [0.5, 0.6) is 0 Å². The molecule has 0 rings (SSSR count). The second-order valence-electron chi connectivity index (χ2n) is 28.1. The van der Waals surface area contributed by atoms with Gasteiger partial charge in [-0.3, -0.25) is 9.59 Å². The number of nitrogens with one attached hydrogen (secondary N) is 1. The second-order valence-corrected chi connectivity index (χ2v) is 28.1. The summed E-state index contributed by atoms with van der Waals surface area (Å²) in [7, 11) is 0. The van der Waals surface area contributed by atoms with Crippen molar-refractivity contribution in [2.24, 2.45) is 0 Å². The number of hydrogen-bond donors (Lipinski definition) is 3. The monoisotopic (exact) mass is 1250 g/mol. The lowest BCUT2D eigenvalue weighted by Crippen LogP contribution is -2.45. The third kappa shape index (κ3) is 75.0. The third-order valence-electron chi connectivity index (χ3n) is 19.1. The smallest absolute Gasteiger partial charge is 0.305 e. The summed E-state index contributed by atoms with van der Waals surface area (Å²) in [5, 5.41) is 23.2. The number of allylic oxidation sites excluding steroid dienone is 5. The molecular weight excluding hydrogens is 1090 g/mol. The van der Waals surface area contributed by atoms with Crippen molar-refractivity contribution in [3.63, 3.8) is 0 Å². The average Bonchev–Trinajstić information content (AvgIpc) is 3.63. The van der Waals surface area contributed by atoms with E-state index >= 15 is 0 Å². The van der Waals surface area contributed by atoms with E-state index in [9.17, 15) is 19.8 Å². The topological polar surface area (TPSA) is 95.9 Å². The van der Waals surface area contributed by atoms with Crippen molar-refractivity contribution in [2.75, 3.05) is 13.2 Å². The van der Waals surface area contributed by atoms with Crippen LogP contribution in [0.15, 0.2) is 36.5 Å². The van der Waals surface area contributed by atoms with Gasteiger partial charge >= 0.3 is 5.97 Å². The summed E-state index contributed by atoms with van der Waals surface area (Å²) in [6, 6.07) is -0.625. The number of amides is 1. The number of aliphatic hydroxyl groups is 2. The molecule has 6 nitrogen and oxygen atoms in total. The first-order chi connectivity index (χ1) is 44.0. The molecule has 1 amide bonds. The Morgan fingerprint density at radius 1 is 0.303 bits per heavy atom. The third-order valence-corrected chi connectivity index (χ3v) is 19.1. The van der Waals surface area contributed by atoms with E-state index < -0.39 is 12.1 Å². The van der Waals surface area contributed by atoms with Crippen LogP contribution in [0.1, 0.15) is 457 Å². The van der Waals surface area contributed by atoms with Gasteiger partial charge in [-0.25, -0.2) is 0 Å².